The lowest BCUT2D eigenvalue weighted by Crippen LogP contribution is -2.47. The number of ether oxygens (including phenoxy) is 2. The van der Waals surface area contributed by atoms with Gasteiger partial charge in [0.05, 0.1) is 18.2 Å². The van der Waals surface area contributed by atoms with Crippen LogP contribution in [0.25, 0.3) is 21.7 Å². The average Bonchev–Trinajstić information content (AvgIpc) is 3.15. The van der Waals surface area contributed by atoms with Gasteiger partial charge in [0, 0.05) is 29.1 Å². The zero-order chi connectivity index (χ0) is 23.0. The fraction of sp³-hybridized carbons (Fsp3) is 0.524. The third-order valence-electron chi connectivity index (χ3n) is 5.87. The monoisotopic (exact) mass is 445 g/mol. The Hall–Kier alpha value is -3.02. The molecule has 4 rings (SSSR count). The minimum Gasteiger partial charge on any atom is -0.456 e. The molecule has 4 atom stereocenters. The van der Waals surface area contributed by atoms with Crippen molar-refractivity contribution in [1.82, 2.24) is 20.0 Å². The molecule has 1 aromatic carbocycles. The van der Waals surface area contributed by atoms with E-state index in [-0.39, 0.29) is 6.42 Å². The quantitative estimate of drug-likeness (QED) is 0.306. The lowest BCUT2D eigenvalue weighted by Gasteiger charge is -2.30. The number of aliphatic hydroxyl groups is 2. The Morgan fingerprint density at radius 1 is 1.41 bits per heavy atom. The van der Waals surface area contributed by atoms with Crippen LogP contribution in [-0.2, 0) is 14.3 Å². The fourth-order valence-corrected chi connectivity index (χ4v) is 4.22. The first-order valence-corrected chi connectivity index (χ1v) is 10.6. The maximum absolute atomic E-state index is 12.3. The third kappa shape index (κ3) is 3.72. The second-order valence-corrected chi connectivity index (χ2v) is 8.30. The van der Waals surface area contributed by atoms with Crippen LogP contribution in [0.5, 0.6) is 0 Å². The number of unbranched alkanes of at least 4 members (excludes halogenated alkanes) is 2. The van der Waals surface area contributed by atoms with Crippen molar-refractivity contribution in [3.8, 4) is 0 Å². The van der Waals surface area contributed by atoms with E-state index < -0.39 is 42.2 Å². The van der Waals surface area contributed by atoms with Gasteiger partial charge in [0.2, 0.25) is 0 Å². The Balaban J connectivity index is 1.72. The summed E-state index contributed by atoms with van der Waals surface area (Å²) in [6.07, 6.45) is 2.56. The molecule has 11 nitrogen and oxygen atoms in total. The SMILES string of the molecule is CCCCCC(=O)OC1C(CO)OC(n2cc3c(N)cc4c(=O)[nH]ncc(n2)c34)C1(C)O. The van der Waals surface area contributed by atoms with Crippen molar-refractivity contribution < 1.29 is 24.5 Å². The number of carbonyl (C=O) groups excluding carboxylic acids is 1. The summed E-state index contributed by atoms with van der Waals surface area (Å²) < 4.78 is 12.8. The molecule has 0 amide bonds. The molecule has 11 heteroatoms. The van der Waals surface area contributed by atoms with Gasteiger partial charge in [-0.05, 0) is 19.4 Å². The number of nitrogens with two attached hydrogens (primary N) is 1. The first-order chi connectivity index (χ1) is 15.3. The number of nitrogens with zero attached hydrogens (tertiary/aromatic N) is 3. The number of nitrogen functional groups attached to an aromatic ring is 1. The van der Waals surface area contributed by atoms with E-state index in [9.17, 15) is 19.8 Å². The standard InChI is InChI=1S/C21H27N5O6/c1-3-4-5-6-16(28)32-18-15(10-27)31-20(21(18,2)30)26-9-12-13(22)7-11-17(12)14(25-26)8-23-24-19(11)29/h7-9,15,18,20,27,30H,3-6,10,22H2,1-2H3,(H,24,29). The maximum Gasteiger partial charge on any atom is 0.306 e. The zero-order valence-electron chi connectivity index (χ0n) is 17.9. The fourth-order valence-electron chi connectivity index (χ4n) is 4.22. The van der Waals surface area contributed by atoms with Crippen molar-refractivity contribution in [1.29, 1.82) is 0 Å². The Morgan fingerprint density at radius 3 is 2.91 bits per heavy atom. The summed E-state index contributed by atoms with van der Waals surface area (Å²) in [5.74, 6) is -0.465. The van der Waals surface area contributed by atoms with E-state index in [0.717, 1.165) is 12.8 Å². The summed E-state index contributed by atoms with van der Waals surface area (Å²) in [6, 6.07) is 1.54. The van der Waals surface area contributed by atoms with Crippen molar-refractivity contribution in [2.75, 3.05) is 12.3 Å². The number of nitrogens with one attached hydrogen (secondary N) is 1. The van der Waals surface area contributed by atoms with Crippen LogP contribution in [0, 0.1) is 0 Å². The van der Waals surface area contributed by atoms with E-state index in [4.69, 9.17) is 15.2 Å². The van der Waals surface area contributed by atoms with Gasteiger partial charge in [0.25, 0.3) is 5.56 Å². The van der Waals surface area contributed by atoms with Gasteiger partial charge in [0.15, 0.2) is 12.3 Å². The molecule has 0 radical (unpaired) electrons. The largest absolute Gasteiger partial charge is 0.456 e. The van der Waals surface area contributed by atoms with Crippen LogP contribution in [0.2, 0.25) is 0 Å². The Morgan fingerprint density at radius 2 is 2.19 bits per heavy atom. The first-order valence-electron chi connectivity index (χ1n) is 10.6. The number of aromatic nitrogens is 4. The Labute approximate surface area is 183 Å². The van der Waals surface area contributed by atoms with Crippen LogP contribution >= 0.6 is 0 Å². The van der Waals surface area contributed by atoms with Crippen LogP contribution in [0.15, 0.2) is 23.3 Å². The van der Waals surface area contributed by atoms with Crippen molar-refractivity contribution in [2.45, 2.75) is 63.6 Å². The molecule has 4 unspecified atom stereocenters. The van der Waals surface area contributed by atoms with E-state index in [1.165, 1.54) is 23.9 Å². The highest BCUT2D eigenvalue weighted by atomic mass is 16.6. The van der Waals surface area contributed by atoms with Gasteiger partial charge in [-0.25, -0.2) is 9.78 Å². The minimum atomic E-state index is -1.70. The third-order valence-corrected chi connectivity index (χ3v) is 5.87. The molecule has 32 heavy (non-hydrogen) atoms. The smallest absolute Gasteiger partial charge is 0.306 e. The summed E-state index contributed by atoms with van der Waals surface area (Å²) in [4.78, 5) is 24.5. The van der Waals surface area contributed by atoms with Gasteiger partial charge in [-0.2, -0.15) is 10.2 Å². The van der Waals surface area contributed by atoms with Crippen LogP contribution in [-0.4, -0.2) is 60.6 Å². The number of aliphatic hydroxyl groups excluding tert-OH is 1. The molecule has 172 valence electrons. The summed E-state index contributed by atoms with van der Waals surface area (Å²) in [6.45, 7) is 3.04. The molecular weight excluding hydrogens is 418 g/mol. The molecule has 5 N–H and O–H groups in total. The molecule has 0 saturated carbocycles. The number of carbonyl (C=O) groups is 1. The minimum absolute atomic E-state index is 0.217. The number of aromatic amines is 1. The highest BCUT2D eigenvalue weighted by Crippen LogP contribution is 2.41. The van der Waals surface area contributed by atoms with Crippen molar-refractivity contribution in [3.05, 3.63) is 28.8 Å². The molecule has 3 aromatic rings. The van der Waals surface area contributed by atoms with Gasteiger partial charge in [-0.1, -0.05) is 19.8 Å². The average molecular weight is 445 g/mol. The zero-order valence-corrected chi connectivity index (χ0v) is 17.9. The van der Waals surface area contributed by atoms with Crippen LogP contribution in [0.4, 0.5) is 5.69 Å². The van der Waals surface area contributed by atoms with Crippen molar-refractivity contribution >= 4 is 33.3 Å². The molecule has 1 saturated heterocycles. The van der Waals surface area contributed by atoms with E-state index in [1.54, 1.807) is 6.20 Å². The summed E-state index contributed by atoms with van der Waals surface area (Å²) >= 11 is 0. The molecule has 1 fully saturated rings. The Kier molecular flexibility index (Phi) is 5.89. The van der Waals surface area contributed by atoms with E-state index in [1.807, 2.05) is 6.92 Å². The van der Waals surface area contributed by atoms with E-state index in [2.05, 4.69) is 15.3 Å². The highest BCUT2D eigenvalue weighted by molar-refractivity contribution is 6.14. The number of hydrogen-bond acceptors (Lipinski definition) is 9. The number of anilines is 1. The van der Waals surface area contributed by atoms with Crippen LogP contribution in [0.1, 0.15) is 45.8 Å². The van der Waals surface area contributed by atoms with E-state index in [0.29, 0.717) is 33.8 Å². The van der Waals surface area contributed by atoms with Crippen molar-refractivity contribution in [3.63, 3.8) is 0 Å². The van der Waals surface area contributed by atoms with Gasteiger partial charge >= 0.3 is 5.97 Å². The molecule has 1 aliphatic rings. The van der Waals surface area contributed by atoms with Gasteiger partial charge in [-0.15, -0.1) is 0 Å². The summed E-state index contributed by atoms with van der Waals surface area (Å²) in [5, 5.41) is 33.3. The van der Waals surface area contributed by atoms with Crippen LogP contribution < -0.4 is 11.3 Å². The first kappa shape index (κ1) is 22.2. The van der Waals surface area contributed by atoms with E-state index >= 15 is 0 Å². The molecule has 1 aliphatic heterocycles. The predicted molar refractivity (Wildman–Crippen MR) is 116 cm³/mol. The number of hydrogen-bond donors (Lipinski definition) is 4. The topological polar surface area (TPSA) is 166 Å². The molecule has 0 bridgehead atoms. The number of esters is 1. The lowest BCUT2D eigenvalue weighted by molar-refractivity contribution is -0.164. The van der Waals surface area contributed by atoms with Gasteiger partial charge in [-0.3, -0.25) is 9.59 Å². The van der Waals surface area contributed by atoms with Gasteiger partial charge in [0.1, 0.15) is 17.2 Å². The van der Waals surface area contributed by atoms with Crippen LogP contribution in [0.3, 0.4) is 0 Å². The summed E-state index contributed by atoms with van der Waals surface area (Å²) in [5.41, 5.74) is 4.73. The van der Waals surface area contributed by atoms with Crippen molar-refractivity contribution in [2.24, 2.45) is 0 Å². The molecule has 0 aliphatic carbocycles. The molecule has 3 heterocycles. The highest BCUT2D eigenvalue weighted by Gasteiger charge is 2.56. The van der Waals surface area contributed by atoms with Gasteiger partial charge < -0.3 is 25.4 Å². The number of rotatable bonds is 7. The Bertz CT molecular complexity index is 1200. The maximum atomic E-state index is 12.3. The summed E-state index contributed by atoms with van der Waals surface area (Å²) in [7, 11) is 0. The second kappa shape index (κ2) is 8.49. The lowest BCUT2D eigenvalue weighted by atomic mass is 9.96. The number of H-pyrrole nitrogens is 1. The predicted octanol–water partition coefficient (Wildman–Crippen LogP) is 0.988. The second-order valence-electron chi connectivity index (χ2n) is 8.30. The molecular formula is C21H27N5O6. The molecule has 2 aromatic heterocycles. The molecule has 0 spiro atoms. The normalized spacial score (nSPS) is 25.6.